The first-order chi connectivity index (χ1) is 16.5. The number of nitrogens with zero attached hydrogens (tertiary/aromatic N) is 3. The summed E-state index contributed by atoms with van der Waals surface area (Å²) in [6, 6.07) is 9.50. The van der Waals surface area contributed by atoms with Crippen molar-refractivity contribution < 1.29 is 14.4 Å². The summed E-state index contributed by atoms with van der Waals surface area (Å²) in [4.78, 5) is 48.9. The van der Waals surface area contributed by atoms with Gasteiger partial charge < -0.3 is 15.1 Å². The molecule has 35 heavy (non-hydrogen) atoms. The molecule has 2 aromatic rings. The first-order valence-electron chi connectivity index (χ1n) is 12.3. The number of benzene rings is 1. The number of piperazine rings is 1. The van der Waals surface area contributed by atoms with E-state index in [1.807, 2.05) is 52.0 Å². The molecule has 4 rings (SSSR count). The Morgan fingerprint density at radius 1 is 1.11 bits per heavy atom. The third-order valence-corrected chi connectivity index (χ3v) is 7.02. The SMILES string of the molecule is Cc1ccc([C@H](C(=O)N(C)C)N2C(=O)[C@@H](C3Cc4ccccc4C3)NC(=O)[C@H]2CC(C)(C)C)cn1. The molecule has 0 unspecified atom stereocenters. The van der Waals surface area contributed by atoms with Gasteiger partial charge in [-0.15, -0.1) is 0 Å². The second-order valence-corrected chi connectivity index (χ2v) is 11.3. The first-order valence-corrected chi connectivity index (χ1v) is 12.3. The number of fused-ring (bicyclic) bond motifs is 1. The maximum Gasteiger partial charge on any atom is 0.249 e. The average Bonchev–Trinajstić information content (AvgIpc) is 3.22. The number of aromatic nitrogens is 1. The number of carbonyl (C=O) groups is 3. The van der Waals surface area contributed by atoms with E-state index >= 15 is 0 Å². The number of nitrogens with one attached hydrogen (secondary N) is 1. The van der Waals surface area contributed by atoms with Crippen LogP contribution in [-0.2, 0) is 27.2 Å². The fraction of sp³-hybridized carbons (Fsp3) is 0.500. The predicted molar refractivity (Wildman–Crippen MR) is 134 cm³/mol. The summed E-state index contributed by atoms with van der Waals surface area (Å²) in [5.41, 5.74) is 3.64. The van der Waals surface area contributed by atoms with Crippen molar-refractivity contribution in [2.75, 3.05) is 14.1 Å². The standard InChI is InChI=1S/C28H36N4O3/c1-17-11-12-20(16-29-17)24(27(35)31(5)6)32-22(15-28(2,3)4)25(33)30-23(26(32)34)21-13-18-9-7-8-10-19(18)14-21/h7-12,16,21-24H,13-15H2,1-6H3,(H,30,33)/t22-,23-,24-/m1/s1. The van der Waals surface area contributed by atoms with Crippen LogP contribution in [0.1, 0.15) is 55.6 Å². The quantitative estimate of drug-likeness (QED) is 0.719. The van der Waals surface area contributed by atoms with Gasteiger partial charge in [-0.05, 0) is 54.7 Å². The Morgan fingerprint density at radius 2 is 1.74 bits per heavy atom. The fourth-order valence-electron chi connectivity index (χ4n) is 5.29. The Morgan fingerprint density at radius 3 is 2.26 bits per heavy atom. The molecule has 0 bridgehead atoms. The molecule has 1 fully saturated rings. The van der Waals surface area contributed by atoms with Crippen molar-refractivity contribution in [3.05, 3.63) is 65.0 Å². The van der Waals surface area contributed by atoms with Crippen LogP contribution < -0.4 is 5.32 Å². The Hall–Kier alpha value is -3.22. The second-order valence-electron chi connectivity index (χ2n) is 11.3. The summed E-state index contributed by atoms with van der Waals surface area (Å²) in [6.07, 6.45) is 3.54. The Labute approximate surface area is 207 Å². The van der Waals surface area contributed by atoms with Crippen LogP contribution in [0.4, 0.5) is 0 Å². The summed E-state index contributed by atoms with van der Waals surface area (Å²) < 4.78 is 0. The molecular formula is C28H36N4O3. The van der Waals surface area contributed by atoms with Crippen molar-refractivity contribution in [1.29, 1.82) is 0 Å². The highest BCUT2D eigenvalue weighted by molar-refractivity contribution is 6.00. The van der Waals surface area contributed by atoms with Crippen molar-refractivity contribution in [2.24, 2.45) is 11.3 Å². The lowest BCUT2D eigenvalue weighted by Crippen LogP contribution is -2.67. The van der Waals surface area contributed by atoms with E-state index in [9.17, 15) is 14.4 Å². The zero-order valence-electron chi connectivity index (χ0n) is 21.5. The van der Waals surface area contributed by atoms with E-state index < -0.39 is 18.1 Å². The van der Waals surface area contributed by atoms with E-state index in [0.717, 1.165) is 18.5 Å². The number of aryl methyl sites for hydroxylation is 1. The molecule has 0 radical (unpaired) electrons. The van der Waals surface area contributed by atoms with E-state index in [-0.39, 0.29) is 29.1 Å². The Balaban J connectivity index is 1.77. The van der Waals surface area contributed by atoms with Crippen LogP contribution in [0.15, 0.2) is 42.6 Å². The van der Waals surface area contributed by atoms with Gasteiger partial charge in [0.1, 0.15) is 18.1 Å². The summed E-state index contributed by atoms with van der Waals surface area (Å²) in [7, 11) is 3.35. The van der Waals surface area contributed by atoms with Gasteiger partial charge in [0.2, 0.25) is 17.7 Å². The van der Waals surface area contributed by atoms with E-state index in [2.05, 4.69) is 22.4 Å². The zero-order valence-corrected chi connectivity index (χ0v) is 21.5. The van der Waals surface area contributed by atoms with E-state index in [1.54, 1.807) is 25.2 Å². The summed E-state index contributed by atoms with van der Waals surface area (Å²) in [5.74, 6) is -0.686. The third kappa shape index (κ3) is 5.09. The molecule has 7 nitrogen and oxygen atoms in total. The fourth-order valence-corrected chi connectivity index (χ4v) is 5.29. The molecular weight excluding hydrogens is 440 g/mol. The molecule has 1 aliphatic heterocycles. The first kappa shape index (κ1) is 24.9. The van der Waals surface area contributed by atoms with Gasteiger partial charge in [0, 0.05) is 31.5 Å². The lowest BCUT2D eigenvalue weighted by Gasteiger charge is -2.46. The van der Waals surface area contributed by atoms with Crippen LogP contribution in [0.3, 0.4) is 0 Å². The van der Waals surface area contributed by atoms with Gasteiger partial charge in [-0.25, -0.2) is 0 Å². The van der Waals surface area contributed by atoms with Gasteiger partial charge in [0.05, 0.1) is 0 Å². The summed E-state index contributed by atoms with van der Waals surface area (Å²) in [5, 5.41) is 3.06. The third-order valence-electron chi connectivity index (χ3n) is 7.02. The van der Waals surface area contributed by atoms with Gasteiger partial charge >= 0.3 is 0 Å². The number of hydrogen-bond acceptors (Lipinski definition) is 4. The molecule has 1 aliphatic carbocycles. The minimum absolute atomic E-state index is 0.0480. The van der Waals surface area contributed by atoms with Crippen LogP contribution in [0.25, 0.3) is 0 Å². The van der Waals surface area contributed by atoms with Gasteiger partial charge in [-0.2, -0.15) is 0 Å². The van der Waals surface area contributed by atoms with Gasteiger partial charge in [-0.1, -0.05) is 51.1 Å². The highest BCUT2D eigenvalue weighted by atomic mass is 16.2. The number of likely N-dealkylation sites (N-methyl/N-ethyl adjacent to an activating group) is 1. The number of hydrogen-bond donors (Lipinski definition) is 1. The average molecular weight is 477 g/mol. The van der Waals surface area contributed by atoms with Crippen LogP contribution in [0.5, 0.6) is 0 Å². The van der Waals surface area contributed by atoms with E-state index in [4.69, 9.17) is 0 Å². The van der Waals surface area contributed by atoms with Crippen LogP contribution >= 0.6 is 0 Å². The number of pyridine rings is 1. The van der Waals surface area contributed by atoms with Crippen molar-refractivity contribution in [3.63, 3.8) is 0 Å². The van der Waals surface area contributed by atoms with Gasteiger partial charge in [-0.3, -0.25) is 19.4 Å². The molecule has 7 heteroatoms. The number of rotatable bonds is 5. The number of carbonyl (C=O) groups excluding carboxylic acids is 3. The topological polar surface area (TPSA) is 82.6 Å². The molecule has 2 heterocycles. The molecule has 1 N–H and O–H groups in total. The monoisotopic (exact) mass is 476 g/mol. The molecule has 0 saturated carbocycles. The van der Waals surface area contributed by atoms with Crippen LogP contribution in [0.2, 0.25) is 0 Å². The van der Waals surface area contributed by atoms with Gasteiger partial charge in [0.25, 0.3) is 0 Å². The predicted octanol–water partition coefficient (Wildman–Crippen LogP) is 3.07. The highest BCUT2D eigenvalue weighted by Crippen LogP contribution is 2.37. The van der Waals surface area contributed by atoms with E-state index in [0.29, 0.717) is 12.0 Å². The lowest BCUT2D eigenvalue weighted by atomic mass is 9.83. The molecule has 3 amide bonds. The highest BCUT2D eigenvalue weighted by Gasteiger charge is 2.50. The summed E-state index contributed by atoms with van der Waals surface area (Å²) >= 11 is 0. The van der Waals surface area contributed by atoms with Crippen molar-refractivity contribution in [3.8, 4) is 0 Å². The zero-order chi connectivity index (χ0) is 25.5. The van der Waals surface area contributed by atoms with Crippen molar-refractivity contribution >= 4 is 17.7 Å². The minimum Gasteiger partial charge on any atom is -0.347 e. The molecule has 2 aliphatic rings. The summed E-state index contributed by atoms with van der Waals surface area (Å²) in [6.45, 7) is 8.00. The minimum atomic E-state index is -0.921. The van der Waals surface area contributed by atoms with Crippen molar-refractivity contribution in [1.82, 2.24) is 20.1 Å². The maximum absolute atomic E-state index is 14.2. The largest absolute Gasteiger partial charge is 0.347 e. The Bertz CT molecular complexity index is 1090. The molecule has 0 spiro atoms. The van der Waals surface area contributed by atoms with Crippen molar-refractivity contribution in [2.45, 2.75) is 65.1 Å². The molecule has 1 saturated heterocycles. The maximum atomic E-state index is 14.2. The second kappa shape index (κ2) is 9.44. The molecule has 1 aromatic carbocycles. The Kier molecular flexibility index (Phi) is 6.71. The normalized spacial score (nSPS) is 21.5. The van der Waals surface area contributed by atoms with Crippen LogP contribution in [-0.4, -0.2) is 58.7 Å². The molecule has 186 valence electrons. The van der Waals surface area contributed by atoms with E-state index in [1.165, 1.54) is 16.0 Å². The molecule has 3 atom stereocenters. The smallest absolute Gasteiger partial charge is 0.249 e. The van der Waals surface area contributed by atoms with Crippen LogP contribution in [0, 0.1) is 18.3 Å². The lowest BCUT2D eigenvalue weighted by molar-refractivity contribution is -0.160. The molecule has 1 aromatic heterocycles. The number of amides is 3. The van der Waals surface area contributed by atoms with Gasteiger partial charge in [0.15, 0.2) is 0 Å².